The summed E-state index contributed by atoms with van der Waals surface area (Å²) in [7, 11) is 1.86. The van der Waals surface area contributed by atoms with Crippen molar-refractivity contribution in [3.8, 4) is 0 Å². The standard InChI is InChI=1S/C10H22N2OS/c1-8(7-14-4)5-12-10(13)9(2)6-11-3/h8-9,11H,5-7H2,1-4H3,(H,12,13). The molecule has 0 radical (unpaired) electrons. The van der Waals surface area contributed by atoms with Gasteiger partial charge in [0.05, 0.1) is 0 Å². The van der Waals surface area contributed by atoms with Crippen LogP contribution in [-0.2, 0) is 4.79 Å². The summed E-state index contributed by atoms with van der Waals surface area (Å²) in [6, 6.07) is 0. The van der Waals surface area contributed by atoms with Gasteiger partial charge in [0.15, 0.2) is 0 Å². The van der Waals surface area contributed by atoms with Gasteiger partial charge in [-0.05, 0) is 25.0 Å². The lowest BCUT2D eigenvalue weighted by molar-refractivity contribution is -0.124. The molecule has 0 rings (SSSR count). The van der Waals surface area contributed by atoms with Gasteiger partial charge in [-0.1, -0.05) is 13.8 Å². The van der Waals surface area contributed by atoms with E-state index in [9.17, 15) is 4.79 Å². The van der Waals surface area contributed by atoms with E-state index in [0.717, 1.165) is 18.8 Å². The normalized spacial score (nSPS) is 14.9. The summed E-state index contributed by atoms with van der Waals surface area (Å²) in [5.74, 6) is 1.85. The molecule has 3 nitrogen and oxygen atoms in total. The topological polar surface area (TPSA) is 41.1 Å². The van der Waals surface area contributed by atoms with Crippen molar-refractivity contribution in [2.24, 2.45) is 11.8 Å². The third-order valence-corrected chi connectivity index (χ3v) is 2.94. The Morgan fingerprint density at radius 3 is 2.50 bits per heavy atom. The number of thioether (sulfide) groups is 1. The van der Waals surface area contributed by atoms with Gasteiger partial charge in [0.25, 0.3) is 0 Å². The van der Waals surface area contributed by atoms with Crippen LogP contribution in [0.2, 0.25) is 0 Å². The van der Waals surface area contributed by atoms with Crippen LogP contribution < -0.4 is 10.6 Å². The number of amides is 1. The fourth-order valence-electron chi connectivity index (χ4n) is 1.19. The number of hydrogen-bond donors (Lipinski definition) is 2. The third-order valence-electron chi connectivity index (χ3n) is 2.03. The Balaban J connectivity index is 3.61. The Hall–Kier alpha value is -0.220. The monoisotopic (exact) mass is 218 g/mol. The minimum absolute atomic E-state index is 0.0569. The van der Waals surface area contributed by atoms with E-state index in [1.54, 1.807) is 0 Å². The van der Waals surface area contributed by atoms with Crippen LogP contribution in [-0.4, -0.2) is 38.1 Å². The highest BCUT2D eigenvalue weighted by atomic mass is 32.2. The average Bonchev–Trinajstić information content (AvgIpc) is 2.15. The van der Waals surface area contributed by atoms with E-state index in [1.165, 1.54) is 0 Å². The summed E-state index contributed by atoms with van der Waals surface area (Å²) in [5.41, 5.74) is 0. The van der Waals surface area contributed by atoms with Gasteiger partial charge in [0.2, 0.25) is 5.91 Å². The lowest BCUT2D eigenvalue weighted by atomic mass is 10.1. The first-order chi connectivity index (χ1) is 6.61. The highest BCUT2D eigenvalue weighted by molar-refractivity contribution is 7.98. The zero-order valence-corrected chi connectivity index (χ0v) is 10.4. The predicted octanol–water partition coefficient (Wildman–Crippen LogP) is 0.957. The van der Waals surface area contributed by atoms with Gasteiger partial charge in [0, 0.05) is 19.0 Å². The van der Waals surface area contributed by atoms with Gasteiger partial charge in [0.1, 0.15) is 0 Å². The maximum atomic E-state index is 11.5. The fraction of sp³-hybridized carbons (Fsp3) is 0.900. The Kier molecular flexibility index (Phi) is 7.99. The largest absolute Gasteiger partial charge is 0.356 e. The Bertz CT molecular complexity index is 164. The quantitative estimate of drug-likeness (QED) is 0.669. The molecule has 2 unspecified atom stereocenters. The molecule has 0 aromatic carbocycles. The zero-order chi connectivity index (χ0) is 11.0. The van der Waals surface area contributed by atoms with Gasteiger partial charge in [-0.2, -0.15) is 11.8 Å². The Morgan fingerprint density at radius 1 is 1.36 bits per heavy atom. The van der Waals surface area contributed by atoms with Gasteiger partial charge < -0.3 is 10.6 Å². The number of carbonyl (C=O) groups is 1. The van der Waals surface area contributed by atoms with Crippen molar-refractivity contribution in [1.82, 2.24) is 10.6 Å². The van der Waals surface area contributed by atoms with Gasteiger partial charge >= 0.3 is 0 Å². The molecule has 1 amide bonds. The molecule has 14 heavy (non-hydrogen) atoms. The second kappa shape index (κ2) is 8.12. The summed E-state index contributed by atoms with van der Waals surface area (Å²) < 4.78 is 0. The van der Waals surface area contributed by atoms with Crippen molar-refractivity contribution in [3.05, 3.63) is 0 Å². The van der Waals surface area contributed by atoms with Gasteiger partial charge in [-0.25, -0.2) is 0 Å². The minimum Gasteiger partial charge on any atom is -0.356 e. The van der Waals surface area contributed by atoms with Crippen LogP contribution >= 0.6 is 11.8 Å². The minimum atomic E-state index is 0.0569. The van der Waals surface area contributed by atoms with Crippen LogP contribution in [0.3, 0.4) is 0 Å². The lowest BCUT2D eigenvalue weighted by Gasteiger charge is -2.14. The number of rotatable bonds is 7. The molecular formula is C10H22N2OS. The molecule has 0 aliphatic rings. The van der Waals surface area contributed by atoms with Crippen LogP contribution in [0.15, 0.2) is 0 Å². The van der Waals surface area contributed by atoms with Crippen LogP contribution in [0, 0.1) is 11.8 Å². The third kappa shape index (κ3) is 6.27. The highest BCUT2D eigenvalue weighted by Gasteiger charge is 2.11. The summed E-state index contributed by atoms with van der Waals surface area (Å²) in [6.45, 7) is 5.61. The molecule has 0 aliphatic carbocycles. The second-order valence-corrected chi connectivity index (χ2v) is 4.68. The van der Waals surface area contributed by atoms with Crippen molar-refractivity contribution in [2.45, 2.75) is 13.8 Å². The molecule has 84 valence electrons. The average molecular weight is 218 g/mol. The molecule has 0 saturated heterocycles. The highest BCUT2D eigenvalue weighted by Crippen LogP contribution is 2.03. The van der Waals surface area contributed by atoms with Crippen LogP contribution in [0.4, 0.5) is 0 Å². The predicted molar refractivity (Wildman–Crippen MR) is 63.6 cm³/mol. The fourth-order valence-corrected chi connectivity index (χ4v) is 1.88. The van der Waals surface area contributed by atoms with Crippen molar-refractivity contribution < 1.29 is 4.79 Å². The van der Waals surface area contributed by atoms with Crippen LogP contribution in [0.1, 0.15) is 13.8 Å². The SMILES string of the molecule is CNCC(C)C(=O)NCC(C)CSC. The maximum absolute atomic E-state index is 11.5. The summed E-state index contributed by atoms with van der Waals surface area (Å²) in [5, 5.41) is 5.96. The number of carbonyl (C=O) groups excluding carboxylic acids is 1. The molecule has 0 fully saturated rings. The Labute approximate surface area is 91.4 Å². The zero-order valence-electron chi connectivity index (χ0n) is 9.59. The van der Waals surface area contributed by atoms with E-state index in [0.29, 0.717) is 5.92 Å². The van der Waals surface area contributed by atoms with E-state index in [1.807, 2.05) is 25.7 Å². The number of nitrogens with one attached hydrogen (secondary N) is 2. The first-order valence-electron chi connectivity index (χ1n) is 5.03. The molecule has 0 spiro atoms. The molecular weight excluding hydrogens is 196 g/mol. The van der Waals surface area contributed by atoms with E-state index >= 15 is 0 Å². The van der Waals surface area contributed by atoms with E-state index in [4.69, 9.17) is 0 Å². The molecule has 0 heterocycles. The van der Waals surface area contributed by atoms with Crippen LogP contribution in [0.5, 0.6) is 0 Å². The van der Waals surface area contributed by atoms with Crippen molar-refractivity contribution in [2.75, 3.05) is 32.1 Å². The van der Waals surface area contributed by atoms with E-state index in [-0.39, 0.29) is 11.8 Å². The van der Waals surface area contributed by atoms with E-state index < -0.39 is 0 Å². The van der Waals surface area contributed by atoms with E-state index in [2.05, 4.69) is 23.8 Å². The molecule has 4 heteroatoms. The maximum Gasteiger partial charge on any atom is 0.224 e. The molecule has 2 atom stereocenters. The lowest BCUT2D eigenvalue weighted by Crippen LogP contribution is -2.36. The first kappa shape index (κ1) is 13.8. The molecule has 0 aromatic heterocycles. The number of hydrogen-bond acceptors (Lipinski definition) is 3. The second-order valence-electron chi connectivity index (χ2n) is 3.76. The smallest absolute Gasteiger partial charge is 0.224 e. The molecule has 0 aromatic rings. The van der Waals surface area contributed by atoms with Crippen molar-refractivity contribution in [1.29, 1.82) is 0 Å². The molecule has 2 N–H and O–H groups in total. The van der Waals surface area contributed by atoms with Crippen molar-refractivity contribution >= 4 is 17.7 Å². The summed E-state index contributed by atoms with van der Waals surface area (Å²) in [6.07, 6.45) is 2.09. The summed E-state index contributed by atoms with van der Waals surface area (Å²) >= 11 is 1.82. The Morgan fingerprint density at radius 2 is 2.00 bits per heavy atom. The van der Waals surface area contributed by atoms with Crippen molar-refractivity contribution in [3.63, 3.8) is 0 Å². The first-order valence-corrected chi connectivity index (χ1v) is 6.42. The van der Waals surface area contributed by atoms with Gasteiger partial charge in [-0.15, -0.1) is 0 Å². The van der Waals surface area contributed by atoms with Gasteiger partial charge in [-0.3, -0.25) is 4.79 Å². The van der Waals surface area contributed by atoms with Crippen LogP contribution in [0.25, 0.3) is 0 Å². The molecule has 0 saturated carbocycles. The molecule has 0 aliphatic heterocycles. The molecule has 0 bridgehead atoms. The summed E-state index contributed by atoms with van der Waals surface area (Å²) in [4.78, 5) is 11.5.